The first-order valence-electron chi connectivity index (χ1n) is 5.76. The molecular formula is C13H12N4S. The molecule has 0 saturated carbocycles. The first kappa shape index (κ1) is 11.1. The number of benzene rings is 1. The van der Waals surface area contributed by atoms with Crippen molar-refractivity contribution in [1.29, 1.82) is 0 Å². The molecule has 90 valence electrons. The van der Waals surface area contributed by atoms with Crippen molar-refractivity contribution < 1.29 is 0 Å². The van der Waals surface area contributed by atoms with Crippen LogP contribution in [-0.4, -0.2) is 21.7 Å². The van der Waals surface area contributed by atoms with Gasteiger partial charge in [-0.25, -0.2) is 4.98 Å². The summed E-state index contributed by atoms with van der Waals surface area (Å²) in [6.07, 6.45) is 4.52. The quantitative estimate of drug-likeness (QED) is 0.779. The van der Waals surface area contributed by atoms with E-state index in [1.807, 2.05) is 29.8 Å². The van der Waals surface area contributed by atoms with Crippen LogP contribution in [0.3, 0.4) is 0 Å². The van der Waals surface area contributed by atoms with E-state index in [-0.39, 0.29) is 0 Å². The average Bonchev–Trinajstić information content (AvgIpc) is 2.92. The number of fused-ring (bicyclic) bond motifs is 1. The number of aromatic nitrogens is 3. The van der Waals surface area contributed by atoms with Crippen LogP contribution in [0.5, 0.6) is 0 Å². The predicted molar refractivity (Wildman–Crippen MR) is 73.8 cm³/mol. The van der Waals surface area contributed by atoms with Gasteiger partial charge in [-0.15, -0.1) is 16.4 Å². The molecule has 0 fully saturated rings. The van der Waals surface area contributed by atoms with Crippen molar-refractivity contribution in [2.24, 2.45) is 0 Å². The molecule has 0 radical (unpaired) electrons. The van der Waals surface area contributed by atoms with Crippen LogP contribution in [-0.2, 0) is 6.42 Å². The number of anilines is 1. The molecule has 5 heteroatoms. The van der Waals surface area contributed by atoms with Crippen LogP contribution in [0, 0.1) is 0 Å². The molecule has 0 saturated heterocycles. The number of rotatable bonds is 4. The van der Waals surface area contributed by atoms with Crippen molar-refractivity contribution >= 4 is 27.9 Å². The van der Waals surface area contributed by atoms with Gasteiger partial charge in [-0.2, -0.15) is 5.10 Å². The summed E-state index contributed by atoms with van der Waals surface area (Å²) in [5.74, 6) is 0.838. The van der Waals surface area contributed by atoms with Crippen LogP contribution in [0.2, 0.25) is 0 Å². The summed E-state index contributed by atoms with van der Waals surface area (Å²) >= 11 is 1.67. The van der Waals surface area contributed by atoms with Gasteiger partial charge in [0.05, 0.1) is 11.2 Å². The molecule has 0 atom stereocenters. The molecule has 4 nitrogen and oxygen atoms in total. The normalized spacial score (nSPS) is 10.7. The molecule has 1 aromatic carbocycles. The van der Waals surface area contributed by atoms with E-state index in [1.54, 1.807) is 17.5 Å². The highest BCUT2D eigenvalue weighted by molar-refractivity contribution is 7.09. The maximum absolute atomic E-state index is 4.25. The summed E-state index contributed by atoms with van der Waals surface area (Å²) in [5.41, 5.74) is 0. The zero-order valence-electron chi connectivity index (χ0n) is 9.71. The number of hydrogen-bond acceptors (Lipinski definition) is 5. The molecule has 2 heterocycles. The lowest BCUT2D eigenvalue weighted by atomic mass is 10.2. The molecule has 0 aliphatic rings. The lowest BCUT2D eigenvalue weighted by molar-refractivity contribution is 0.966. The zero-order chi connectivity index (χ0) is 12.2. The molecule has 0 unspecified atom stereocenters. The Labute approximate surface area is 109 Å². The van der Waals surface area contributed by atoms with Crippen LogP contribution >= 0.6 is 11.3 Å². The summed E-state index contributed by atoms with van der Waals surface area (Å²) in [6.45, 7) is 0.816. The van der Waals surface area contributed by atoms with Gasteiger partial charge in [-0.05, 0) is 0 Å². The third kappa shape index (κ3) is 2.31. The molecular weight excluding hydrogens is 244 g/mol. The minimum Gasteiger partial charge on any atom is -0.368 e. The predicted octanol–water partition coefficient (Wildman–Crippen LogP) is 2.74. The molecule has 3 rings (SSSR count). The minimum atomic E-state index is 0.816. The lowest BCUT2D eigenvalue weighted by Gasteiger charge is -2.06. The van der Waals surface area contributed by atoms with E-state index in [2.05, 4.69) is 26.6 Å². The second-order valence-electron chi connectivity index (χ2n) is 3.88. The largest absolute Gasteiger partial charge is 0.368 e. The first-order chi connectivity index (χ1) is 8.93. The van der Waals surface area contributed by atoms with Gasteiger partial charge in [-0.3, -0.25) is 0 Å². The van der Waals surface area contributed by atoms with Crippen LogP contribution in [0.15, 0.2) is 42.0 Å². The standard InChI is InChI=1S/C13H12N4S/c1-2-4-11-10(3-1)9-16-17-13(11)15-6-5-12-14-7-8-18-12/h1-4,7-9H,5-6H2,(H,15,17). The second-order valence-corrected chi connectivity index (χ2v) is 4.86. The number of nitrogens with one attached hydrogen (secondary N) is 1. The summed E-state index contributed by atoms with van der Waals surface area (Å²) < 4.78 is 0. The Morgan fingerprint density at radius 3 is 3.06 bits per heavy atom. The van der Waals surface area contributed by atoms with Gasteiger partial charge >= 0.3 is 0 Å². The monoisotopic (exact) mass is 256 g/mol. The molecule has 18 heavy (non-hydrogen) atoms. The maximum Gasteiger partial charge on any atom is 0.156 e. The van der Waals surface area contributed by atoms with Crippen molar-refractivity contribution in [2.45, 2.75) is 6.42 Å². The lowest BCUT2D eigenvalue weighted by Crippen LogP contribution is -2.07. The fourth-order valence-electron chi connectivity index (χ4n) is 1.82. The van der Waals surface area contributed by atoms with E-state index in [9.17, 15) is 0 Å². The summed E-state index contributed by atoms with van der Waals surface area (Å²) in [4.78, 5) is 4.25. The fourth-order valence-corrected chi connectivity index (χ4v) is 2.44. The topological polar surface area (TPSA) is 50.7 Å². The third-order valence-corrected chi connectivity index (χ3v) is 3.52. The molecule has 0 spiro atoms. The van der Waals surface area contributed by atoms with E-state index in [1.165, 1.54) is 0 Å². The molecule has 1 N–H and O–H groups in total. The summed E-state index contributed by atoms with van der Waals surface area (Å²) in [6, 6.07) is 8.10. The molecule has 0 bridgehead atoms. The Hall–Kier alpha value is -2.01. The smallest absolute Gasteiger partial charge is 0.156 e. The first-order valence-corrected chi connectivity index (χ1v) is 6.64. The van der Waals surface area contributed by atoms with Crippen LogP contribution in [0.1, 0.15) is 5.01 Å². The van der Waals surface area contributed by atoms with Gasteiger partial charge in [0.15, 0.2) is 5.82 Å². The summed E-state index contributed by atoms with van der Waals surface area (Å²) in [5, 5.41) is 16.8. The Morgan fingerprint density at radius 1 is 1.22 bits per heavy atom. The van der Waals surface area contributed by atoms with Crippen LogP contribution in [0.4, 0.5) is 5.82 Å². The third-order valence-electron chi connectivity index (χ3n) is 2.69. The van der Waals surface area contributed by atoms with E-state index >= 15 is 0 Å². The SMILES string of the molecule is c1ccc2c(NCCc3nccs3)nncc2c1. The molecule has 2 aromatic heterocycles. The Kier molecular flexibility index (Phi) is 3.14. The van der Waals surface area contributed by atoms with E-state index < -0.39 is 0 Å². The van der Waals surface area contributed by atoms with Crippen LogP contribution < -0.4 is 5.32 Å². The Balaban J connectivity index is 1.74. The van der Waals surface area contributed by atoms with Crippen molar-refractivity contribution in [3.63, 3.8) is 0 Å². The highest BCUT2D eigenvalue weighted by Gasteiger charge is 2.02. The Morgan fingerprint density at radius 2 is 2.17 bits per heavy atom. The van der Waals surface area contributed by atoms with E-state index in [4.69, 9.17) is 0 Å². The Bertz CT molecular complexity index is 631. The highest BCUT2D eigenvalue weighted by atomic mass is 32.1. The fraction of sp³-hybridized carbons (Fsp3) is 0.154. The summed E-state index contributed by atoms with van der Waals surface area (Å²) in [7, 11) is 0. The van der Waals surface area contributed by atoms with E-state index in [0.717, 1.165) is 34.6 Å². The van der Waals surface area contributed by atoms with Crippen molar-refractivity contribution in [1.82, 2.24) is 15.2 Å². The maximum atomic E-state index is 4.25. The number of thiazole rings is 1. The minimum absolute atomic E-state index is 0.816. The number of nitrogens with zero attached hydrogens (tertiary/aromatic N) is 3. The van der Waals surface area contributed by atoms with Crippen molar-refractivity contribution in [3.8, 4) is 0 Å². The van der Waals surface area contributed by atoms with Crippen LogP contribution in [0.25, 0.3) is 10.8 Å². The van der Waals surface area contributed by atoms with Gasteiger partial charge in [0, 0.05) is 35.3 Å². The van der Waals surface area contributed by atoms with Gasteiger partial charge in [0.1, 0.15) is 0 Å². The molecule has 0 aliphatic heterocycles. The van der Waals surface area contributed by atoms with Gasteiger partial charge in [-0.1, -0.05) is 24.3 Å². The van der Waals surface area contributed by atoms with Gasteiger partial charge in [0.2, 0.25) is 0 Å². The molecule has 0 aliphatic carbocycles. The average molecular weight is 256 g/mol. The van der Waals surface area contributed by atoms with Gasteiger partial charge in [0.25, 0.3) is 0 Å². The van der Waals surface area contributed by atoms with Crippen molar-refractivity contribution in [2.75, 3.05) is 11.9 Å². The zero-order valence-corrected chi connectivity index (χ0v) is 10.5. The molecule has 3 aromatic rings. The van der Waals surface area contributed by atoms with Gasteiger partial charge < -0.3 is 5.32 Å². The molecule has 0 amide bonds. The van der Waals surface area contributed by atoms with E-state index in [0.29, 0.717) is 0 Å². The number of hydrogen-bond donors (Lipinski definition) is 1. The highest BCUT2D eigenvalue weighted by Crippen LogP contribution is 2.19. The van der Waals surface area contributed by atoms with Crippen molar-refractivity contribution in [3.05, 3.63) is 47.0 Å². The second kappa shape index (κ2) is 5.10.